The van der Waals surface area contributed by atoms with Gasteiger partial charge in [-0.05, 0) is 13.0 Å². The van der Waals surface area contributed by atoms with Gasteiger partial charge in [-0.25, -0.2) is 9.97 Å². The van der Waals surface area contributed by atoms with Crippen molar-refractivity contribution in [1.29, 1.82) is 0 Å². The van der Waals surface area contributed by atoms with E-state index in [0.717, 1.165) is 16.7 Å². The van der Waals surface area contributed by atoms with Crippen molar-refractivity contribution in [3.63, 3.8) is 0 Å². The van der Waals surface area contributed by atoms with Gasteiger partial charge >= 0.3 is 0 Å². The van der Waals surface area contributed by atoms with Crippen molar-refractivity contribution in [2.45, 2.75) is 6.92 Å². The van der Waals surface area contributed by atoms with Crippen LogP contribution in [0.3, 0.4) is 0 Å². The number of nitrogens with zero attached hydrogens (tertiary/aromatic N) is 5. The van der Waals surface area contributed by atoms with Crippen LogP contribution in [-0.2, 0) is 7.05 Å². The van der Waals surface area contributed by atoms with Crippen LogP contribution in [0.5, 0.6) is 0 Å². The molecule has 3 aromatic rings. The van der Waals surface area contributed by atoms with Crippen molar-refractivity contribution in [3.05, 3.63) is 35.1 Å². The number of hydrogen-bond donors (Lipinski definition) is 0. The summed E-state index contributed by atoms with van der Waals surface area (Å²) in [6.45, 7) is 1.91. The number of aryl methyl sites for hydroxylation is 2. The molecule has 1 amide bonds. The molecule has 0 bridgehead atoms. The van der Waals surface area contributed by atoms with E-state index in [-0.39, 0.29) is 5.91 Å². The van der Waals surface area contributed by atoms with Gasteiger partial charge in [0, 0.05) is 37.3 Å². The molecule has 20 heavy (non-hydrogen) atoms. The zero-order valence-corrected chi connectivity index (χ0v) is 12.2. The maximum Gasteiger partial charge on any atom is 0.261 e. The highest BCUT2D eigenvalue weighted by atomic mass is 32.1. The molecule has 0 aromatic carbocycles. The predicted molar refractivity (Wildman–Crippen MR) is 78.1 cm³/mol. The van der Waals surface area contributed by atoms with E-state index in [1.54, 1.807) is 24.1 Å². The van der Waals surface area contributed by atoms with Crippen LogP contribution in [0.4, 0.5) is 5.13 Å². The van der Waals surface area contributed by atoms with Gasteiger partial charge in [0.05, 0.1) is 11.3 Å². The van der Waals surface area contributed by atoms with Crippen molar-refractivity contribution in [3.8, 4) is 0 Å². The summed E-state index contributed by atoms with van der Waals surface area (Å²) in [4.78, 5) is 22.4. The highest BCUT2D eigenvalue weighted by Crippen LogP contribution is 2.21. The summed E-state index contributed by atoms with van der Waals surface area (Å²) in [5.41, 5.74) is 2.17. The third-order valence-electron chi connectivity index (χ3n) is 3.12. The fraction of sp³-hybridized carbons (Fsp3) is 0.231. The fourth-order valence-corrected chi connectivity index (χ4v) is 2.69. The molecule has 0 aliphatic carbocycles. The van der Waals surface area contributed by atoms with E-state index in [1.165, 1.54) is 16.2 Å². The lowest BCUT2D eigenvalue weighted by Gasteiger charge is -2.13. The lowest BCUT2D eigenvalue weighted by Crippen LogP contribution is -2.26. The molecule has 0 aliphatic rings. The Labute approximate surface area is 119 Å². The van der Waals surface area contributed by atoms with Crippen molar-refractivity contribution in [1.82, 2.24) is 19.7 Å². The highest BCUT2D eigenvalue weighted by Gasteiger charge is 2.17. The quantitative estimate of drug-likeness (QED) is 0.723. The number of thiazole rings is 1. The Hall–Kier alpha value is -2.28. The molecule has 0 radical (unpaired) electrons. The molecular weight excluding hydrogens is 274 g/mol. The minimum Gasteiger partial charge on any atom is -0.287 e. The smallest absolute Gasteiger partial charge is 0.261 e. The van der Waals surface area contributed by atoms with Crippen LogP contribution in [0, 0.1) is 6.92 Å². The van der Waals surface area contributed by atoms with E-state index in [0.29, 0.717) is 10.7 Å². The van der Waals surface area contributed by atoms with Gasteiger partial charge in [0.25, 0.3) is 5.91 Å². The van der Waals surface area contributed by atoms with Crippen molar-refractivity contribution in [2.24, 2.45) is 7.05 Å². The molecule has 7 heteroatoms. The third kappa shape index (κ3) is 1.96. The van der Waals surface area contributed by atoms with E-state index < -0.39 is 0 Å². The first-order valence-corrected chi connectivity index (χ1v) is 6.93. The molecule has 6 nitrogen and oxygen atoms in total. The molecule has 0 unspecified atom stereocenters. The number of amides is 1. The normalized spacial score (nSPS) is 10.9. The van der Waals surface area contributed by atoms with Gasteiger partial charge in [-0.15, -0.1) is 11.3 Å². The lowest BCUT2D eigenvalue weighted by molar-refractivity contribution is 0.0993. The molecule has 0 saturated carbocycles. The molecular formula is C13H13N5OS. The Balaban J connectivity index is 2.02. The summed E-state index contributed by atoms with van der Waals surface area (Å²) < 4.78 is 1.71. The van der Waals surface area contributed by atoms with Crippen LogP contribution in [0.25, 0.3) is 11.0 Å². The van der Waals surface area contributed by atoms with Gasteiger partial charge < -0.3 is 0 Å². The number of hydrogen-bond acceptors (Lipinski definition) is 5. The van der Waals surface area contributed by atoms with Crippen LogP contribution in [-0.4, -0.2) is 32.7 Å². The standard InChI is InChI=1S/C13H13N5OS/c1-8-10-6-9(7-15-11(10)18(3)16-8)12(19)17(2)13-14-4-5-20-13/h4-7H,1-3H3. The molecule has 3 heterocycles. The van der Waals surface area contributed by atoms with E-state index in [4.69, 9.17) is 0 Å². The number of anilines is 1. The first-order valence-electron chi connectivity index (χ1n) is 6.05. The number of aromatic nitrogens is 4. The second-order valence-corrected chi connectivity index (χ2v) is 5.36. The Kier molecular flexibility index (Phi) is 2.98. The monoisotopic (exact) mass is 287 g/mol. The zero-order chi connectivity index (χ0) is 14.3. The molecule has 0 atom stereocenters. The van der Waals surface area contributed by atoms with Gasteiger partial charge in [0.2, 0.25) is 0 Å². The third-order valence-corrected chi connectivity index (χ3v) is 3.97. The van der Waals surface area contributed by atoms with Gasteiger partial charge in [-0.1, -0.05) is 0 Å². The van der Waals surface area contributed by atoms with E-state index in [1.807, 2.05) is 25.4 Å². The van der Waals surface area contributed by atoms with Crippen molar-refractivity contribution >= 4 is 33.4 Å². The highest BCUT2D eigenvalue weighted by molar-refractivity contribution is 7.13. The van der Waals surface area contributed by atoms with E-state index in [2.05, 4.69) is 15.1 Å². The first kappa shape index (κ1) is 12.7. The van der Waals surface area contributed by atoms with Crippen LogP contribution in [0.2, 0.25) is 0 Å². The summed E-state index contributed by atoms with van der Waals surface area (Å²) >= 11 is 1.42. The molecule has 0 fully saturated rings. The predicted octanol–water partition coefficient (Wildman–Crippen LogP) is 2.01. The fourth-order valence-electron chi connectivity index (χ4n) is 2.09. The Morgan fingerprint density at radius 1 is 1.40 bits per heavy atom. The van der Waals surface area contributed by atoms with E-state index >= 15 is 0 Å². The van der Waals surface area contributed by atoms with Crippen LogP contribution in [0.1, 0.15) is 16.1 Å². The maximum absolute atomic E-state index is 12.4. The Bertz CT molecular complexity index is 778. The molecule has 0 aliphatic heterocycles. The lowest BCUT2D eigenvalue weighted by atomic mass is 10.2. The van der Waals surface area contributed by atoms with Crippen LogP contribution >= 0.6 is 11.3 Å². The van der Waals surface area contributed by atoms with Crippen molar-refractivity contribution in [2.75, 3.05) is 11.9 Å². The Morgan fingerprint density at radius 3 is 2.90 bits per heavy atom. The summed E-state index contributed by atoms with van der Waals surface area (Å²) in [7, 11) is 3.55. The molecule has 0 spiro atoms. The molecule has 3 rings (SSSR count). The molecule has 0 saturated heterocycles. The maximum atomic E-state index is 12.4. The number of carbonyl (C=O) groups is 1. The average molecular weight is 287 g/mol. The Morgan fingerprint density at radius 2 is 2.20 bits per heavy atom. The van der Waals surface area contributed by atoms with E-state index in [9.17, 15) is 4.79 Å². The zero-order valence-electron chi connectivity index (χ0n) is 11.4. The number of carbonyl (C=O) groups excluding carboxylic acids is 1. The number of pyridine rings is 1. The van der Waals surface area contributed by atoms with Crippen LogP contribution < -0.4 is 4.90 Å². The van der Waals surface area contributed by atoms with Gasteiger partial charge in [-0.2, -0.15) is 5.10 Å². The SMILES string of the molecule is Cc1nn(C)c2ncc(C(=O)N(C)c3nccs3)cc12. The second kappa shape index (κ2) is 4.68. The summed E-state index contributed by atoms with van der Waals surface area (Å²) in [5, 5.41) is 7.70. The molecule has 102 valence electrons. The number of rotatable bonds is 2. The van der Waals surface area contributed by atoms with Crippen LogP contribution in [0.15, 0.2) is 23.8 Å². The summed E-state index contributed by atoms with van der Waals surface area (Å²) in [6.07, 6.45) is 3.26. The van der Waals surface area contributed by atoms with Gasteiger partial charge in [0.1, 0.15) is 0 Å². The summed E-state index contributed by atoms with van der Waals surface area (Å²) in [6, 6.07) is 1.83. The largest absolute Gasteiger partial charge is 0.287 e. The second-order valence-electron chi connectivity index (χ2n) is 4.48. The molecule has 0 N–H and O–H groups in total. The minimum absolute atomic E-state index is 0.127. The molecule has 3 aromatic heterocycles. The minimum atomic E-state index is -0.127. The number of fused-ring (bicyclic) bond motifs is 1. The summed E-state index contributed by atoms with van der Waals surface area (Å²) in [5.74, 6) is -0.127. The van der Waals surface area contributed by atoms with Gasteiger partial charge in [0.15, 0.2) is 10.8 Å². The van der Waals surface area contributed by atoms with Gasteiger partial charge in [-0.3, -0.25) is 14.4 Å². The first-order chi connectivity index (χ1) is 9.58. The topological polar surface area (TPSA) is 63.9 Å². The van der Waals surface area contributed by atoms with Crippen molar-refractivity contribution < 1.29 is 4.79 Å². The average Bonchev–Trinajstić information content (AvgIpc) is 3.07.